The first-order valence-electron chi connectivity index (χ1n) is 11.4. The molecule has 4 aromatic rings. The molecule has 0 atom stereocenters. The molecule has 9 heteroatoms. The number of carbonyl (C=O) groups excluding carboxylic acids is 1. The predicted octanol–water partition coefficient (Wildman–Crippen LogP) is 8.77. The quantitative estimate of drug-likeness (QED) is 0.141. The van der Waals surface area contributed by atoms with E-state index in [1.54, 1.807) is 24.3 Å². The zero-order valence-electron chi connectivity index (χ0n) is 19.8. The number of benzene rings is 4. The summed E-state index contributed by atoms with van der Waals surface area (Å²) in [6, 6.07) is 14.3. The van der Waals surface area contributed by atoms with E-state index in [1.165, 1.54) is 18.2 Å². The second-order valence-corrected chi connectivity index (χ2v) is 8.49. The van der Waals surface area contributed by atoms with Gasteiger partial charge in [0.25, 0.3) is 0 Å². The number of esters is 1. The fourth-order valence-corrected chi connectivity index (χ4v) is 3.97. The Balaban J connectivity index is 1.55. The molecule has 2 nitrogen and oxygen atoms in total. The van der Waals surface area contributed by atoms with Crippen LogP contribution in [0.1, 0.15) is 34.8 Å². The molecule has 0 amide bonds. The van der Waals surface area contributed by atoms with Crippen molar-refractivity contribution >= 4 is 5.97 Å². The lowest BCUT2D eigenvalue weighted by Crippen LogP contribution is -2.11. The molecule has 0 aliphatic carbocycles. The van der Waals surface area contributed by atoms with Crippen molar-refractivity contribution in [2.24, 2.45) is 0 Å². The summed E-state index contributed by atoms with van der Waals surface area (Å²) in [6.45, 7) is 2.03. The van der Waals surface area contributed by atoms with Crippen molar-refractivity contribution in [2.45, 2.75) is 25.9 Å². The average Bonchev–Trinajstić information content (AvgIpc) is 2.83. The number of halogens is 7. The second kappa shape index (κ2) is 10.7. The third-order valence-corrected chi connectivity index (χ3v) is 5.80. The molecule has 4 rings (SSSR count). The van der Waals surface area contributed by atoms with Gasteiger partial charge in [-0.15, -0.1) is 0 Å². The number of carbonyl (C=O) groups is 1. The third kappa shape index (κ3) is 5.72. The highest BCUT2D eigenvalue weighted by atomic mass is 19.4. The summed E-state index contributed by atoms with van der Waals surface area (Å²) in [7, 11) is 0. The van der Waals surface area contributed by atoms with E-state index in [1.807, 2.05) is 6.92 Å². The number of aryl methyl sites for hydroxylation is 1. The van der Waals surface area contributed by atoms with E-state index in [-0.39, 0.29) is 28.0 Å². The number of alkyl halides is 3. The number of hydrogen-bond acceptors (Lipinski definition) is 2. The van der Waals surface area contributed by atoms with Crippen LogP contribution in [0.3, 0.4) is 0 Å². The van der Waals surface area contributed by atoms with Gasteiger partial charge in [0.2, 0.25) is 0 Å². The molecule has 0 fully saturated rings. The second-order valence-electron chi connectivity index (χ2n) is 8.49. The summed E-state index contributed by atoms with van der Waals surface area (Å²) in [5.41, 5.74) is -1.59. The van der Waals surface area contributed by atoms with E-state index in [0.29, 0.717) is 12.1 Å². The Hall–Kier alpha value is -4.14. The molecule has 0 aromatic heterocycles. The van der Waals surface area contributed by atoms with Gasteiger partial charge in [0, 0.05) is 17.2 Å². The maximum Gasteiger partial charge on any atom is 0.422 e. The number of rotatable bonds is 6. The van der Waals surface area contributed by atoms with Crippen LogP contribution >= 0.6 is 0 Å². The van der Waals surface area contributed by atoms with Crippen molar-refractivity contribution in [1.82, 2.24) is 0 Å². The summed E-state index contributed by atoms with van der Waals surface area (Å²) in [5.74, 6) is -6.42. The smallest absolute Gasteiger partial charge is 0.422 e. The van der Waals surface area contributed by atoms with Crippen molar-refractivity contribution in [3.63, 3.8) is 0 Å². The van der Waals surface area contributed by atoms with Crippen LogP contribution in [-0.4, -0.2) is 5.97 Å². The standard InChI is InChI=1S/C29H19F7O2/c1-2-3-16-4-6-17(7-5-16)28(37)38-20-9-11-21(24(31)15-20)18-8-10-22(23(30)12-18)19-13-25(32)27(26(33)14-19)29(34,35)36/h4-15H,2-3H2,1H3. The van der Waals surface area contributed by atoms with Gasteiger partial charge in [-0.05, 0) is 65.6 Å². The van der Waals surface area contributed by atoms with Crippen molar-refractivity contribution in [2.75, 3.05) is 0 Å². The highest BCUT2D eigenvalue weighted by molar-refractivity contribution is 5.91. The number of ether oxygens (including phenoxy) is 1. The molecule has 0 saturated heterocycles. The van der Waals surface area contributed by atoms with Crippen LogP contribution in [0.25, 0.3) is 22.3 Å². The Labute approximate surface area is 213 Å². The van der Waals surface area contributed by atoms with Gasteiger partial charge in [-0.1, -0.05) is 37.6 Å². The third-order valence-electron chi connectivity index (χ3n) is 5.80. The molecule has 196 valence electrons. The van der Waals surface area contributed by atoms with Crippen molar-refractivity contribution in [3.05, 3.63) is 113 Å². The maximum absolute atomic E-state index is 14.8. The molecule has 0 bridgehead atoms. The molecule has 0 aliphatic rings. The molecule has 0 radical (unpaired) electrons. The molecule has 0 saturated carbocycles. The van der Waals surface area contributed by atoms with Crippen LogP contribution in [0.15, 0.2) is 72.8 Å². The van der Waals surface area contributed by atoms with Crippen LogP contribution in [0.2, 0.25) is 0 Å². The SMILES string of the molecule is CCCc1ccc(C(=O)Oc2ccc(-c3ccc(-c4cc(F)c(C(F)(F)F)c(F)c4)c(F)c3)c(F)c2)cc1. The Morgan fingerprint density at radius 3 is 1.82 bits per heavy atom. The van der Waals surface area contributed by atoms with Crippen molar-refractivity contribution in [3.8, 4) is 28.0 Å². The highest BCUT2D eigenvalue weighted by Crippen LogP contribution is 2.37. The Morgan fingerprint density at radius 1 is 0.711 bits per heavy atom. The lowest BCUT2D eigenvalue weighted by atomic mass is 9.98. The molecule has 0 aliphatic heterocycles. The molecular weight excluding hydrogens is 513 g/mol. The van der Waals surface area contributed by atoms with E-state index >= 15 is 0 Å². The van der Waals surface area contributed by atoms with E-state index in [2.05, 4.69) is 0 Å². The summed E-state index contributed by atoms with van der Waals surface area (Å²) < 4.78 is 101. The van der Waals surface area contributed by atoms with Crippen LogP contribution in [0.5, 0.6) is 5.75 Å². The van der Waals surface area contributed by atoms with Crippen molar-refractivity contribution < 1.29 is 40.3 Å². The summed E-state index contributed by atoms with van der Waals surface area (Å²) in [5, 5.41) is 0. The number of hydrogen-bond donors (Lipinski definition) is 0. The van der Waals surface area contributed by atoms with Gasteiger partial charge in [0.05, 0.1) is 5.56 Å². The average molecular weight is 532 g/mol. The van der Waals surface area contributed by atoms with Crippen LogP contribution in [-0.2, 0) is 12.6 Å². The summed E-state index contributed by atoms with van der Waals surface area (Å²) >= 11 is 0. The lowest BCUT2D eigenvalue weighted by Gasteiger charge is -2.12. The normalized spacial score (nSPS) is 11.5. The van der Waals surface area contributed by atoms with Crippen molar-refractivity contribution in [1.29, 1.82) is 0 Å². The zero-order chi connectivity index (χ0) is 27.6. The maximum atomic E-state index is 14.8. The fraction of sp³-hybridized carbons (Fsp3) is 0.138. The van der Waals surface area contributed by atoms with E-state index < -0.39 is 46.5 Å². The summed E-state index contributed by atoms with van der Waals surface area (Å²) in [4.78, 5) is 12.4. The minimum atomic E-state index is -5.26. The Bertz CT molecular complexity index is 1470. The first kappa shape index (κ1) is 26.9. The molecule has 4 aromatic carbocycles. The first-order chi connectivity index (χ1) is 18.0. The Morgan fingerprint density at radius 2 is 1.26 bits per heavy atom. The van der Waals surface area contributed by atoms with Crippen LogP contribution in [0, 0.1) is 23.3 Å². The van der Waals surface area contributed by atoms with Gasteiger partial charge in [0.15, 0.2) is 0 Å². The monoisotopic (exact) mass is 532 g/mol. The zero-order valence-corrected chi connectivity index (χ0v) is 19.8. The predicted molar refractivity (Wildman–Crippen MR) is 128 cm³/mol. The molecule has 0 N–H and O–H groups in total. The minimum absolute atomic E-state index is 0.0426. The molecular formula is C29H19F7O2. The van der Waals surface area contributed by atoms with Crippen LogP contribution < -0.4 is 4.74 Å². The molecule has 0 spiro atoms. The van der Waals surface area contributed by atoms with E-state index in [4.69, 9.17) is 4.74 Å². The fourth-order valence-electron chi connectivity index (χ4n) is 3.97. The van der Waals surface area contributed by atoms with Gasteiger partial charge >= 0.3 is 12.1 Å². The summed E-state index contributed by atoms with van der Waals surface area (Å²) in [6.07, 6.45) is -3.44. The largest absolute Gasteiger partial charge is 0.423 e. The topological polar surface area (TPSA) is 26.3 Å². The van der Waals surface area contributed by atoms with Gasteiger partial charge in [-0.2, -0.15) is 13.2 Å². The lowest BCUT2D eigenvalue weighted by molar-refractivity contribution is -0.142. The molecule has 0 heterocycles. The minimum Gasteiger partial charge on any atom is -0.423 e. The molecule has 0 unspecified atom stereocenters. The van der Waals surface area contributed by atoms with E-state index in [9.17, 15) is 35.5 Å². The highest BCUT2D eigenvalue weighted by Gasteiger charge is 2.38. The van der Waals surface area contributed by atoms with Gasteiger partial charge in [-0.25, -0.2) is 22.4 Å². The van der Waals surface area contributed by atoms with Crippen LogP contribution in [0.4, 0.5) is 30.7 Å². The van der Waals surface area contributed by atoms with Gasteiger partial charge < -0.3 is 4.74 Å². The molecule has 38 heavy (non-hydrogen) atoms. The van der Waals surface area contributed by atoms with Gasteiger partial charge in [-0.3, -0.25) is 0 Å². The van der Waals surface area contributed by atoms with E-state index in [0.717, 1.165) is 36.6 Å². The first-order valence-corrected chi connectivity index (χ1v) is 11.4. The Kier molecular flexibility index (Phi) is 7.57. The van der Waals surface area contributed by atoms with Gasteiger partial charge in [0.1, 0.15) is 34.6 Å².